The second-order valence-corrected chi connectivity index (χ2v) is 4.12. The average molecular weight is 264 g/mol. The lowest BCUT2D eigenvalue weighted by molar-refractivity contribution is 0.476. The Morgan fingerprint density at radius 2 is 2.05 bits per heavy atom. The molecule has 0 saturated carbocycles. The number of halogens is 1. The zero-order valence-corrected chi connectivity index (χ0v) is 10.8. The van der Waals surface area contributed by atoms with E-state index in [2.05, 4.69) is 27.8 Å². The molecule has 2 aromatic rings. The Balaban J connectivity index is 1.85. The molecule has 0 aliphatic carbocycles. The summed E-state index contributed by atoms with van der Waals surface area (Å²) < 4.78 is 18.8. The van der Waals surface area contributed by atoms with Crippen LogP contribution in [-0.4, -0.2) is 16.7 Å². The summed E-state index contributed by atoms with van der Waals surface area (Å²) in [5.41, 5.74) is 0.561. The summed E-state index contributed by atoms with van der Waals surface area (Å²) in [6.45, 7) is 3.85. The van der Waals surface area contributed by atoms with Crippen LogP contribution in [0.5, 0.6) is 0 Å². The van der Waals surface area contributed by atoms with Crippen molar-refractivity contribution >= 4 is 6.01 Å². The number of aromatic nitrogens is 2. The van der Waals surface area contributed by atoms with Gasteiger partial charge in [0.15, 0.2) is 0 Å². The van der Waals surface area contributed by atoms with Crippen molar-refractivity contribution in [3.63, 3.8) is 0 Å². The molecule has 1 aromatic heterocycles. The van der Waals surface area contributed by atoms with Gasteiger partial charge in [-0.15, -0.1) is 5.10 Å². The Morgan fingerprint density at radius 3 is 2.84 bits per heavy atom. The standard InChI is InChI=1S/C13H17FN4O/c1-2-7-15-9-12-17-18-13(19-12)16-8-10-5-3-4-6-11(10)14/h3-6,15H,2,7-9H2,1H3,(H,16,18). The van der Waals surface area contributed by atoms with Crippen LogP contribution in [0.25, 0.3) is 0 Å². The third kappa shape index (κ3) is 4.03. The van der Waals surface area contributed by atoms with Crippen LogP contribution in [0.2, 0.25) is 0 Å². The monoisotopic (exact) mass is 264 g/mol. The molecule has 1 aromatic carbocycles. The summed E-state index contributed by atoms with van der Waals surface area (Å²) in [6, 6.07) is 6.88. The minimum absolute atomic E-state index is 0.251. The Bertz CT molecular complexity index is 515. The van der Waals surface area contributed by atoms with Crippen LogP contribution in [0.1, 0.15) is 24.8 Å². The lowest BCUT2D eigenvalue weighted by atomic mass is 10.2. The zero-order chi connectivity index (χ0) is 13.5. The molecule has 0 aliphatic rings. The van der Waals surface area contributed by atoms with E-state index < -0.39 is 0 Å². The van der Waals surface area contributed by atoms with Crippen molar-refractivity contribution in [3.8, 4) is 0 Å². The highest BCUT2D eigenvalue weighted by Crippen LogP contribution is 2.10. The first-order chi connectivity index (χ1) is 9.29. The summed E-state index contributed by atoms with van der Waals surface area (Å²) in [6.07, 6.45) is 1.05. The Kier molecular flexibility index (Phi) is 4.85. The average Bonchev–Trinajstić information content (AvgIpc) is 2.86. The van der Waals surface area contributed by atoms with Gasteiger partial charge in [0.05, 0.1) is 6.54 Å². The van der Waals surface area contributed by atoms with E-state index in [4.69, 9.17) is 4.42 Å². The maximum Gasteiger partial charge on any atom is 0.315 e. The third-order valence-corrected chi connectivity index (χ3v) is 2.56. The van der Waals surface area contributed by atoms with Crippen LogP contribution in [0.3, 0.4) is 0 Å². The van der Waals surface area contributed by atoms with Crippen molar-refractivity contribution in [2.45, 2.75) is 26.4 Å². The lowest BCUT2D eigenvalue weighted by Crippen LogP contribution is -2.13. The fourth-order valence-electron chi connectivity index (χ4n) is 1.58. The van der Waals surface area contributed by atoms with Gasteiger partial charge in [-0.05, 0) is 19.0 Å². The van der Waals surface area contributed by atoms with Gasteiger partial charge in [0, 0.05) is 12.1 Å². The molecule has 0 unspecified atom stereocenters. The number of anilines is 1. The van der Waals surface area contributed by atoms with Gasteiger partial charge in [0.2, 0.25) is 5.89 Å². The van der Waals surface area contributed by atoms with Crippen molar-refractivity contribution in [2.24, 2.45) is 0 Å². The van der Waals surface area contributed by atoms with Crippen molar-refractivity contribution in [2.75, 3.05) is 11.9 Å². The molecule has 0 fully saturated rings. The lowest BCUT2D eigenvalue weighted by Gasteiger charge is -2.02. The summed E-state index contributed by atoms with van der Waals surface area (Å²) in [5.74, 6) is 0.267. The third-order valence-electron chi connectivity index (χ3n) is 2.56. The fourth-order valence-corrected chi connectivity index (χ4v) is 1.58. The van der Waals surface area contributed by atoms with E-state index in [1.54, 1.807) is 18.2 Å². The first-order valence-corrected chi connectivity index (χ1v) is 6.30. The van der Waals surface area contributed by atoms with Gasteiger partial charge in [0.25, 0.3) is 0 Å². The molecule has 5 nitrogen and oxygen atoms in total. The molecule has 0 bridgehead atoms. The molecule has 2 N–H and O–H groups in total. The number of nitrogens with one attached hydrogen (secondary N) is 2. The first-order valence-electron chi connectivity index (χ1n) is 6.30. The fraction of sp³-hybridized carbons (Fsp3) is 0.385. The van der Waals surface area contributed by atoms with Crippen LogP contribution < -0.4 is 10.6 Å². The van der Waals surface area contributed by atoms with Gasteiger partial charge in [-0.2, -0.15) is 0 Å². The number of rotatable bonds is 7. The Hall–Kier alpha value is -1.95. The largest absolute Gasteiger partial charge is 0.407 e. The number of hydrogen-bond donors (Lipinski definition) is 2. The predicted molar refractivity (Wildman–Crippen MR) is 70.0 cm³/mol. The van der Waals surface area contributed by atoms with Gasteiger partial charge in [0.1, 0.15) is 5.82 Å². The molecule has 0 amide bonds. The highest BCUT2D eigenvalue weighted by molar-refractivity contribution is 5.24. The molecule has 6 heteroatoms. The zero-order valence-electron chi connectivity index (χ0n) is 10.8. The summed E-state index contributed by atoms with van der Waals surface area (Å²) in [5, 5.41) is 13.8. The van der Waals surface area contributed by atoms with E-state index in [0.29, 0.717) is 30.6 Å². The summed E-state index contributed by atoms with van der Waals surface area (Å²) in [4.78, 5) is 0. The van der Waals surface area contributed by atoms with Crippen LogP contribution >= 0.6 is 0 Å². The van der Waals surface area contributed by atoms with E-state index in [9.17, 15) is 4.39 Å². The van der Waals surface area contributed by atoms with Gasteiger partial charge >= 0.3 is 6.01 Å². The maximum absolute atomic E-state index is 13.4. The van der Waals surface area contributed by atoms with Crippen molar-refractivity contribution in [1.82, 2.24) is 15.5 Å². The molecule has 0 radical (unpaired) electrons. The van der Waals surface area contributed by atoms with E-state index in [1.807, 2.05) is 0 Å². The van der Waals surface area contributed by atoms with E-state index in [-0.39, 0.29) is 5.82 Å². The van der Waals surface area contributed by atoms with Crippen molar-refractivity contribution < 1.29 is 8.81 Å². The summed E-state index contributed by atoms with van der Waals surface area (Å²) >= 11 is 0. The number of benzene rings is 1. The molecular weight excluding hydrogens is 247 g/mol. The molecule has 0 atom stereocenters. The molecule has 0 aliphatic heterocycles. The minimum atomic E-state index is -0.251. The molecular formula is C13H17FN4O. The number of hydrogen-bond acceptors (Lipinski definition) is 5. The molecule has 1 heterocycles. The summed E-state index contributed by atoms with van der Waals surface area (Å²) in [7, 11) is 0. The van der Waals surface area contributed by atoms with Crippen LogP contribution in [0.4, 0.5) is 10.4 Å². The van der Waals surface area contributed by atoms with Crippen molar-refractivity contribution in [1.29, 1.82) is 0 Å². The Morgan fingerprint density at radius 1 is 1.21 bits per heavy atom. The van der Waals surface area contributed by atoms with E-state index >= 15 is 0 Å². The van der Waals surface area contributed by atoms with E-state index in [0.717, 1.165) is 13.0 Å². The SMILES string of the molecule is CCCNCc1nnc(NCc2ccccc2F)o1. The van der Waals surface area contributed by atoms with Gasteiger partial charge in [-0.25, -0.2) is 4.39 Å². The predicted octanol–water partition coefficient (Wildman–Crippen LogP) is 2.32. The molecule has 0 spiro atoms. The van der Waals surface area contributed by atoms with Crippen LogP contribution in [-0.2, 0) is 13.1 Å². The second-order valence-electron chi connectivity index (χ2n) is 4.12. The van der Waals surface area contributed by atoms with Crippen LogP contribution in [0.15, 0.2) is 28.7 Å². The smallest absolute Gasteiger partial charge is 0.315 e. The molecule has 102 valence electrons. The van der Waals surface area contributed by atoms with Crippen LogP contribution in [0, 0.1) is 5.82 Å². The van der Waals surface area contributed by atoms with Crippen molar-refractivity contribution in [3.05, 3.63) is 41.5 Å². The highest BCUT2D eigenvalue weighted by Gasteiger charge is 2.06. The highest BCUT2D eigenvalue weighted by atomic mass is 19.1. The Labute approximate surface area is 111 Å². The maximum atomic E-state index is 13.4. The van der Waals surface area contributed by atoms with Gasteiger partial charge in [-0.3, -0.25) is 0 Å². The normalized spacial score (nSPS) is 10.6. The molecule has 2 rings (SSSR count). The topological polar surface area (TPSA) is 63.0 Å². The first kappa shape index (κ1) is 13.5. The van der Waals surface area contributed by atoms with Gasteiger partial charge < -0.3 is 15.1 Å². The quantitative estimate of drug-likeness (QED) is 0.751. The van der Waals surface area contributed by atoms with Gasteiger partial charge in [-0.1, -0.05) is 30.2 Å². The van der Waals surface area contributed by atoms with E-state index in [1.165, 1.54) is 6.07 Å². The molecule has 19 heavy (non-hydrogen) atoms. The minimum Gasteiger partial charge on any atom is -0.407 e. The molecule has 0 saturated heterocycles. The number of nitrogens with zero attached hydrogens (tertiary/aromatic N) is 2. The second kappa shape index (κ2) is 6.84.